The summed E-state index contributed by atoms with van der Waals surface area (Å²) in [7, 11) is -2.14. The van der Waals surface area contributed by atoms with E-state index in [-0.39, 0.29) is 15.2 Å². The second kappa shape index (κ2) is 7.85. The minimum atomic E-state index is -3.65. The third-order valence-corrected chi connectivity index (χ3v) is 6.64. The van der Waals surface area contributed by atoms with Crippen LogP contribution in [0.1, 0.15) is 21.5 Å². The summed E-state index contributed by atoms with van der Waals surface area (Å²) in [6, 6.07) is 13.9. The first-order valence-electron chi connectivity index (χ1n) is 7.94. The van der Waals surface area contributed by atoms with E-state index >= 15 is 0 Å². The molecule has 7 nitrogen and oxygen atoms in total. The number of sulfone groups is 1. The number of rotatable bonds is 6. The molecule has 0 atom stereocenters. The van der Waals surface area contributed by atoms with Gasteiger partial charge < -0.3 is 4.74 Å². The van der Waals surface area contributed by atoms with Gasteiger partial charge in [-0.3, -0.25) is 10.1 Å². The average molecular weight is 403 g/mol. The highest BCUT2D eigenvalue weighted by Gasteiger charge is 2.22. The van der Waals surface area contributed by atoms with E-state index in [2.05, 4.69) is 15.5 Å². The summed E-state index contributed by atoms with van der Waals surface area (Å²) >= 11 is 0.823. The number of aryl methyl sites for hydroxylation is 1. The predicted octanol–water partition coefficient (Wildman–Crippen LogP) is 3.08. The highest BCUT2D eigenvalue weighted by atomic mass is 32.2. The molecule has 0 unspecified atom stereocenters. The quantitative estimate of drug-likeness (QED) is 0.635. The lowest BCUT2D eigenvalue weighted by atomic mass is 10.2. The van der Waals surface area contributed by atoms with E-state index in [0.717, 1.165) is 16.9 Å². The number of carbonyl (C=O) groups is 1. The van der Waals surface area contributed by atoms with Gasteiger partial charge in [-0.15, -0.1) is 10.2 Å². The van der Waals surface area contributed by atoms with E-state index in [1.54, 1.807) is 36.4 Å². The number of aromatic nitrogens is 2. The van der Waals surface area contributed by atoms with Gasteiger partial charge in [-0.05, 0) is 30.7 Å². The van der Waals surface area contributed by atoms with Crippen LogP contribution in [0, 0.1) is 6.92 Å². The summed E-state index contributed by atoms with van der Waals surface area (Å²) in [5.41, 5.74) is 2.02. The molecule has 0 fully saturated rings. The van der Waals surface area contributed by atoms with Crippen molar-refractivity contribution in [2.45, 2.75) is 17.0 Å². The maximum absolute atomic E-state index is 12.5. The molecule has 0 saturated heterocycles. The molecule has 1 aromatic heterocycles. The number of amides is 1. The maximum atomic E-state index is 12.5. The molecule has 0 radical (unpaired) electrons. The molecule has 0 aliphatic heterocycles. The molecule has 0 saturated carbocycles. The van der Waals surface area contributed by atoms with Gasteiger partial charge in [0.2, 0.25) is 19.3 Å². The van der Waals surface area contributed by atoms with Crippen LogP contribution in [0.4, 0.5) is 5.13 Å². The molecule has 3 rings (SSSR count). The Morgan fingerprint density at radius 1 is 1.15 bits per heavy atom. The number of hydrogen-bond acceptors (Lipinski definition) is 7. The van der Waals surface area contributed by atoms with E-state index in [0.29, 0.717) is 16.9 Å². The fourth-order valence-electron chi connectivity index (χ4n) is 2.40. The molecule has 0 aliphatic carbocycles. The van der Waals surface area contributed by atoms with Crippen molar-refractivity contribution in [3.8, 4) is 5.75 Å². The number of benzene rings is 2. The number of nitrogens with zero attached hydrogens (tertiary/aromatic N) is 2. The van der Waals surface area contributed by atoms with Crippen molar-refractivity contribution in [3.05, 3.63) is 65.2 Å². The van der Waals surface area contributed by atoms with Gasteiger partial charge in [0.1, 0.15) is 5.75 Å². The summed E-state index contributed by atoms with van der Waals surface area (Å²) < 4.78 is 30.0. The summed E-state index contributed by atoms with van der Waals surface area (Å²) in [4.78, 5) is 12.3. The molecule has 0 spiro atoms. The first-order valence-corrected chi connectivity index (χ1v) is 10.4. The number of carbonyl (C=O) groups excluding carboxylic acids is 1. The zero-order valence-corrected chi connectivity index (χ0v) is 16.3. The van der Waals surface area contributed by atoms with Crippen LogP contribution in [-0.4, -0.2) is 31.6 Å². The molecule has 140 valence electrons. The van der Waals surface area contributed by atoms with Crippen LogP contribution in [0.2, 0.25) is 0 Å². The average Bonchev–Trinajstić information content (AvgIpc) is 3.11. The number of anilines is 1. The Hall–Kier alpha value is -2.78. The van der Waals surface area contributed by atoms with Crippen molar-refractivity contribution in [2.24, 2.45) is 0 Å². The van der Waals surface area contributed by atoms with Crippen LogP contribution >= 0.6 is 11.3 Å². The predicted molar refractivity (Wildman–Crippen MR) is 103 cm³/mol. The summed E-state index contributed by atoms with van der Waals surface area (Å²) in [5.74, 6) is -0.0540. The van der Waals surface area contributed by atoms with Gasteiger partial charge in [-0.1, -0.05) is 47.2 Å². The van der Waals surface area contributed by atoms with Crippen molar-refractivity contribution in [3.63, 3.8) is 0 Å². The smallest absolute Gasteiger partial charge is 0.257 e. The lowest BCUT2D eigenvalue weighted by Crippen LogP contribution is -2.11. The number of methoxy groups -OCH3 is 1. The largest absolute Gasteiger partial charge is 0.497 e. The fraction of sp³-hybridized carbons (Fsp3) is 0.167. The number of ether oxygens (including phenoxy) is 1. The van der Waals surface area contributed by atoms with E-state index < -0.39 is 15.7 Å². The second-order valence-electron chi connectivity index (χ2n) is 5.81. The first-order chi connectivity index (χ1) is 12.9. The van der Waals surface area contributed by atoms with Gasteiger partial charge >= 0.3 is 0 Å². The van der Waals surface area contributed by atoms with Crippen LogP contribution < -0.4 is 10.1 Å². The monoisotopic (exact) mass is 403 g/mol. The van der Waals surface area contributed by atoms with Gasteiger partial charge in [-0.2, -0.15) is 0 Å². The van der Waals surface area contributed by atoms with E-state index in [1.807, 2.05) is 19.1 Å². The van der Waals surface area contributed by atoms with Crippen LogP contribution in [0.25, 0.3) is 0 Å². The molecule has 2 aromatic carbocycles. The highest BCUT2D eigenvalue weighted by Crippen LogP contribution is 2.24. The van der Waals surface area contributed by atoms with Crippen molar-refractivity contribution in [1.82, 2.24) is 10.2 Å². The first kappa shape index (κ1) is 19.0. The number of nitrogens with one attached hydrogen (secondary N) is 1. The molecule has 1 N–H and O–H groups in total. The lowest BCUT2D eigenvalue weighted by molar-refractivity contribution is 0.102. The van der Waals surface area contributed by atoms with Gasteiger partial charge in [0.05, 0.1) is 12.9 Å². The van der Waals surface area contributed by atoms with E-state index in [9.17, 15) is 13.2 Å². The lowest BCUT2D eigenvalue weighted by Gasteiger charge is -2.03. The zero-order valence-electron chi connectivity index (χ0n) is 14.7. The third-order valence-electron chi connectivity index (χ3n) is 3.66. The molecular weight excluding hydrogens is 386 g/mol. The van der Waals surface area contributed by atoms with E-state index in [4.69, 9.17) is 4.74 Å². The van der Waals surface area contributed by atoms with Crippen LogP contribution in [0.3, 0.4) is 0 Å². The SMILES string of the molecule is COc1cccc(C(=O)Nc2nnc(S(=O)(=O)Cc3cccc(C)c3)s2)c1. The summed E-state index contributed by atoms with van der Waals surface area (Å²) in [6.45, 7) is 1.90. The van der Waals surface area contributed by atoms with Gasteiger partial charge in [-0.25, -0.2) is 8.42 Å². The molecule has 0 aliphatic rings. The third kappa shape index (κ3) is 4.69. The topological polar surface area (TPSA) is 98.2 Å². The molecule has 3 aromatic rings. The van der Waals surface area contributed by atoms with Gasteiger partial charge in [0.25, 0.3) is 5.91 Å². The van der Waals surface area contributed by atoms with Crippen LogP contribution in [-0.2, 0) is 15.6 Å². The molecule has 27 heavy (non-hydrogen) atoms. The normalized spacial score (nSPS) is 11.2. The van der Waals surface area contributed by atoms with Crippen LogP contribution in [0.15, 0.2) is 52.9 Å². The maximum Gasteiger partial charge on any atom is 0.257 e. The summed E-state index contributed by atoms with van der Waals surface area (Å²) in [6.07, 6.45) is 0. The Bertz CT molecular complexity index is 1080. The minimum Gasteiger partial charge on any atom is -0.497 e. The molecule has 9 heteroatoms. The molecule has 1 heterocycles. The van der Waals surface area contributed by atoms with Crippen molar-refractivity contribution >= 4 is 32.2 Å². The minimum absolute atomic E-state index is 0.116. The van der Waals surface area contributed by atoms with Gasteiger partial charge in [0.15, 0.2) is 0 Å². The van der Waals surface area contributed by atoms with Crippen molar-refractivity contribution in [1.29, 1.82) is 0 Å². The van der Waals surface area contributed by atoms with Crippen molar-refractivity contribution < 1.29 is 17.9 Å². The molecule has 1 amide bonds. The summed E-state index contributed by atoms with van der Waals surface area (Å²) in [5, 5.41) is 10.2. The Labute approximate surface area is 161 Å². The van der Waals surface area contributed by atoms with Crippen LogP contribution in [0.5, 0.6) is 5.75 Å². The molecular formula is C18H17N3O4S2. The Morgan fingerprint density at radius 3 is 2.67 bits per heavy atom. The zero-order chi connectivity index (χ0) is 19.4. The molecule has 0 bridgehead atoms. The van der Waals surface area contributed by atoms with Crippen molar-refractivity contribution in [2.75, 3.05) is 12.4 Å². The Morgan fingerprint density at radius 2 is 1.93 bits per heavy atom. The van der Waals surface area contributed by atoms with Gasteiger partial charge in [0, 0.05) is 5.56 Å². The highest BCUT2D eigenvalue weighted by molar-refractivity contribution is 7.92. The number of hydrogen-bond donors (Lipinski definition) is 1. The standard InChI is InChI=1S/C18H17N3O4S2/c1-12-5-3-6-13(9-12)11-27(23,24)18-21-20-17(26-18)19-16(22)14-7-4-8-15(10-14)25-2/h3-10H,11H2,1-2H3,(H,19,20,22). The Balaban J connectivity index is 1.74. The Kier molecular flexibility index (Phi) is 5.52. The second-order valence-corrected chi connectivity index (χ2v) is 8.95. The fourth-order valence-corrected chi connectivity index (χ4v) is 4.70. The van der Waals surface area contributed by atoms with E-state index in [1.165, 1.54) is 7.11 Å².